The first-order valence-corrected chi connectivity index (χ1v) is 7.93. The molecule has 1 aliphatic rings. The first-order chi connectivity index (χ1) is 10.1. The molecule has 0 aromatic heterocycles. The Bertz CT molecular complexity index is 479. The standard InChI is InChI=1S/C17H27N3O/c1-20(2)16-10-9-14(18)12-15(16)17(21)19-11-5-8-13-6-3-4-7-13/h9-10,12-13H,3-8,11,18H2,1-2H3,(H,19,21). The van der Waals surface area contributed by atoms with Crippen molar-refractivity contribution in [1.29, 1.82) is 0 Å². The van der Waals surface area contributed by atoms with Crippen molar-refractivity contribution < 1.29 is 4.79 Å². The number of nitrogens with one attached hydrogen (secondary N) is 1. The van der Waals surface area contributed by atoms with Crippen LogP contribution in [-0.4, -0.2) is 26.5 Å². The fraction of sp³-hybridized carbons (Fsp3) is 0.588. The average Bonchev–Trinajstić information content (AvgIpc) is 2.96. The number of hydrogen-bond acceptors (Lipinski definition) is 3. The second-order valence-electron chi connectivity index (χ2n) is 6.22. The van der Waals surface area contributed by atoms with Gasteiger partial charge in [-0.25, -0.2) is 0 Å². The molecule has 3 N–H and O–H groups in total. The summed E-state index contributed by atoms with van der Waals surface area (Å²) in [5, 5.41) is 3.02. The first-order valence-electron chi connectivity index (χ1n) is 7.93. The zero-order valence-corrected chi connectivity index (χ0v) is 13.2. The summed E-state index contributed by atoms with van der Waals surface area (Å²) in [6.45, 7) is 0.747. The molecule has 1 amide bonds. The van der Waals surface area contributed by atoms with E-state index < -0.39 is 0 Å². The van der Waals surface area contributed by atoms with Gasteiger partial charge in [-0.3, -0.25) is 4.79 Å². The zero-order chi connectivity index (χ0) is 15.2. The van der Waals surface area contributed by atoms with E-state index in [2.05, 4.69) is 5.32 Å². The number of rotatable bonds is 6. The lowest BCUT2D eigenvalue weighted by molar-refractivity contribution is 0.0953. The molecule has 0 atom stereocenters. The third-order valence-corrected chi connectivity index (χ3v) is 4.30. The summed E-state index contributed by atoms with van der Waals surface area (Å²) < 4.78 is 0. The first kappa shape index (κ1) is 15.7. The van der Waals surface area contributed by atoms with Crippen molar-refractivity contribution >= 4 is 17.3 Å². The quantitative estimate of drug-likeness (QED) is 0.625. The van der Waals surface area contributed by atoms with Crippen LogP contribution in [0.2, 0.25) is 0 Å². The van der Waals surface area contributed by atoms with Crippen molar-refractivity contribution in [2.75, 3.05) is 31.3 Å². The largest absolute Gasteiger partial charge is 0.399 e. The van der Waals surface area contributed by atoms with E-state index in [1.54, 1.807) is 6.07 Å². The monoisotopic (exact) mass is 289 g/mol. The number of benzene rings is 1. The number of anilines is 2. The maximum atomic E-state index is 12.3. The van der Waals surface area contributed by atoms with Crippen molar-refractivity contribution in [2.24, 2.45) is 5.92 Å². The molecule has 4 nitrogen and oxygen atoms in total. The van der Waals surface area contributed by atoms with Crippen LogP contribution in [0.3, 0.4) is 0 Å². The Morgan fingerprint density at radius 2 is 2.05 bits per heavy atom. The van der Waals surface area contributed by atoms with Crippen LogP contribution in [0.5, 0.6) is 0 Å². The van der Waals surface area contributed by atoms with E-state index in [1.807, 2.05) is 31.1 Å². The molecule has 0 spiro atoms. The van der Waals surface area contributed by atoms with Gasteiger partial charge in [-0.05, 0) is 37.0 Å². The Morgan fingerprint density at radius 3 is 2.71 bits per heavy atom. The van der Waals surface area contributed by atoms with Crippen LogP contribution in [0, 0.1) is 5.92 Å². The number of nitrogens with two attached hydrogens (primary N) is 1. The van der Waals surface area contributed by atoms with Crippen LogP contribution in [-0.2, 0) is 0 Å². The minimum absolute atomic E-state index is 0.0302. The summed E-state index contributed by atoms with van der Waals surface area (Å²) in [5.41, 5.74) is 7.98. The summed E-state index contributed by atoms with van der Waals surface area (Å²) in [4.78, 5) is 14.3. The lowest BCUT2D eigenvalue weighted by Gasteiger charge is -2.18. The molecule has 2 rings (SSSR count). The molecule has 1 fully saturated rings. The minimum atomic E-state index is -0.0302. The van der Waals surface area contributed by atoms with Crippen LogP contribution in [0.1, 0.15) is 48.9 Å². The highest BCUT2D eigenvalue weighted by atomic mass is 16.1. The Balaban J connectivity index is 1.86. The van der Waals surface area contributed by atoms with Gasteiger partial charge in [0.2, 0.25) is 0 Å². The van der Waals surface area contributed by atoms with E-state index in [1.165, 1.54) is 32.1 Å². The molecule has 0 radical (unpaired) electrons. The summed E-state index contributed by atoms with van der Waals surface area (Å²) in [5.74, 6) is 0.851. The third kappa shape index (κ3) is 4.38. The number of hydrogen-bond donors (Lipinski definition) is 2. The van der Waals surface area contributed by atoms with Gasteiger partial charge in [0.05, 0.1) is 5.56 Å². The van der Waals surface area contributed by atoms with Crippen LogP contribution in [0.15, 0.2) is 18.2 Å². The SMILES string of the molecule is CN(C)c1ccc(N)cc1C(=O)NCCCC1CCCC1. The van der Waals surface area contributed by atoms with E-state index in [0.29, 0.717) is 11.3 Å². The molecule has 0 aliphatic heterocycles. The van der Waals surface area contributed by atoms with Crippen molar-refractivity contribution in [3.05, 3.63) is 23.8 Å². The average molecular weight is 289 g/mol. The summed E-state index contributed by atoms with van der Waals surface area (Å²) in [6, 6.07) is 5.47. The van der Waals surface area contributed by atoms with Crippen LogP contribution < -0.4 is 16.0 Å². The van der Waals surface area contributed by atoms with Gasteiger partial charge in [-0.15, -0.1) is 0 Å². The molecule has 4 heteroatoms. The van der Waals surface area contributed by atoms with Crippen molar-refractivity contribution in [3.8, 4) is 0 Å². The molecule has 1 aromatic rings. The van der Waals surface area contributed by atoms with E-state index in [0.717, 1.165) is 24.6 Å². The van der Waals surface area contributed by atoms with E-state index in [4.69, 9.17) is 5.73 Å². The van der Waals surface area contributed by atoms with Crippen molar-refractivity contribution in [3.63, 3.8) is 0 Å². The van der Waals surface area contributed by atoms with Crippen LogP contribution in [0.25, 0.3) is 0 Å². The van der Waals surface area contributed by atoms with Gasteiger partial charge in [0, 0.05) is 32.0 Å². The van der Waals surface area contributed by atoms with Gasteiger partial charge >= 0.3 is 0 Å². The molecule has 1 aromatic carbocycles. The molecule has 0 heterocycles. The predicted molar refractivity (Wildman–Crippen MR) is 88.7 cm³/mol. The topological polar surface area (TPSA) is 58.4 Å². The molecule has 116 valence electrons. The highest BCUT2D eigenvalue weighted by Crippen LogP contribution is 2.28. The van der Waals surface area contributed by atoms with Crippen LogP contribution >= 0.6 is 0 Å². The second-order valence-corrected chi connectivity index (χ2v) is 6.22. The van der Waals surface area contributed by atoms with E-state index in [-0.39, 0.29) is 5.91 Å². The number of carbonyl (C=O) groups is 1. The highest BCUT2D eigenvalue weighted by Gasteiger charge is 2.15. The molecule has 21 heavy (non-hydrogen) atoms. The molecular weight excluding hydrogens is 262 g/mol. The summed E-state index contributed by atoms with van der Waals surface area (Å²) in [6.07, 6.45) is 7.80. The molecule has 0 unspecified atom stereocenters. The van der Waals surface area contributed by atoms with Gasteiger partial charge < -0.3 is 16.0 Å². The Labute approximate surface area is 127 Å². The zero-order valence-electron chi connectivity index (χ0n) is 13.2. The van der Waals surface area contributed by atoms with Crippen LogP contribution in [0.4, 0.5) is 11.4 Å². The maximum absolute atomic E-state index is 12.3. The lowest BCUT2D eigenvalue weighted by atomic mass is 10.0. The van der Waals surface area contributed by atoms with Crippen molar-refractivity contribution in [2.45, 2.75) is 38.5 Å². The second kappa shape index (κ2) is 7.34. The Morgan fingerprint density at radius 1 is 1.33 bits per heavy atom. The molecular formula is C17H27N3O. The summed E-state index contributed by atoms with van der Waals surface area (Å²) >= 11 is 0. The number of carbonyl (C=O) groups excluding carboxylic acids is 1. The number of nitrogen functional groups attached to an aromatic ring is 1. The minimum Gasteiger partial charge on any atom is -0.399 e. The van der Waals surface area contributed by atoms with Gasteiger partial charge in [-0.2, -0.15) is 0 Å². The summed E-state index contributed by atoms with van der Waals surface area (Å²) in [7, 11) is 3.87. The fourth-order valence-electron chi connectivity index (χ4n) is 3.11. The van der Waals surface area contributed by atoms with Gasteiger partial charge in [-0.1, -0.05) is 25.7 Å². The number of nitrogens with zero attached hydrogens (tertiary/aromatic N) is 1. The highest BCUT2D eigenvalue weighted by molar-refractivity contribution is 6.00. The lowest BCUT2D eigenvalue weighted by Crippen LogP contribution is -2.27. The smallest absolute Gasteiger partial charge is 0.253 e. The van der Waals surface area contributed by atoms with E-state index in [9.17, 15) is 4.79 Å². The maximum Gasteiger partial charge on any atom is 0.253 e. The molecule has 0 bridgehead atoms. The van der Waals surface area contributed by atoms with Gasteiger partial charge in [0.15, 0.2) is 0 Å². The molecule has 0 saturated heterocycles. The Hall–Kier alpha value is -1.71. The number of amides is 1. The fourth-order valence-corrected chi connectivity index (χ4v) is 3.11. The van der Waals surface area contributed by atoms with E-state index >= 15 is 0 Å². The predicted octanol–water partition coefficient (Wildman–Crippen LogP) is 3.04. The molecule has 1 aliphatic carbocycles. The Kier molecular flexibility index (Phi) is 5.48. The third-order valence-electron chi connectivity index (χ3n) is 4.30. The molecule has 1 saturated carbocycles. The van der Waals surface area contributed by atoms with Gasteiger partial charge in [0.25, 0.3) is 5.91 Å². The van der Waals surface area contributed by atoms with Gasteiger partial charge in [0.1, 0.15) is 0 Å². The normalized spacial score (nSPS) is 15.1. The van der Waals surface area contributed by atoms with Crippen molar-refractivity contribution in [1.82, 2.24) is 5.32 Å².